The van der Waals surface area contributed by atoms with E-state index in [-0.39, 0.29) is 23.5 Å². The van der Waals surface area contributed by atoms with E-state index in [4.69, 9.17) is 0 Å². The molecule has 4 heteroatoms. The predicted molar refractivity (Wildman–Crippen MR) is 73.1 cm³/mol. The number of aromatic nitrogens is 1. The standard InChI is InChI=1S/C14H23N3O/c1-10(12-7-6-8-15-9-12)16-11(2)13(18)17-14(3,4)5/h6-11,16H,1-5H3,(H,17,18)/t10-,11?/m0/s1. The first-order valence-electron chi connectivity index (χ1n) is 6.27. The van der Waals surface area contributed by atoms with E-state index in [0.29, 0.717) is 0 Å². The Labute approximate surface area is 109 Å². The largest absolute Gasteiger partial charge is 0.350 e. The molecule has 0 radical (unpaired) electrons. The fraction of sp³-hybridized carbons (Fsp3) is 0.571. The first-order chi connectivity index (χ1) is 8.29. The van der Waals surface area contributed by atoms with E-state index in [1.807, 2.05) is 52.9 Å². The number of hydrogen-bond acceptors (Lipinski definition) is 3. The Kier molecular flexibility index (Phi) is 4.84. The summed E-state index contributed by atoms with van der Waals surface area (Å²) in [4.78, 5) is 16.0. The normalized spacial score (nSPS) is 14.9. The number of hydrogen-bond donors (Lipinski definition) is 2. The molecular formula is C14H23N3O. The molecule has 0 spiro atoms. The second-order valence-electron chi connectivity index (χ2n) is 5.64. The van der Waals surface area contributed by atoms with Gasteiger partial charge in [0, 0.05) is 24.0 Å². The van der Waals surface area contributed by atoms with Crippen LogP contribution in [-0.4, -0.2) is 22.5 Å². The lowest BCUT2D eigenvalue weighted by atomic mass is 10.1. The summed E-state index contributed by atoms with van der Waals surface area (Å²) in [5.41, 5.74) is 0.873. The van der Waals surface area contributed by atoms with Gasteiger partial charge in [-0.3, -0.25) is 15.1 Å². The van der Waals surface area contributed by atoms with E-state index in [1.54, 1.807) is 6.20 Å². The number of rotatable bonds is 4. The molecule has 2 atom stereocenters. The maximum absolute atomic E-state index is 11.9. The molecule has 0 aromatic carbocycles. The third kappa shape index (κ3) is 4.84. The van der Waals surface area contributed by atoms with Gasteiger partial charge in [0.2, 0.25) is 5.91 Å². The SMILES string of the molecule is CC(N[C@@H](C)c1cccnc1)C(=O)NC(C)(C)C. The molecule has 1 unspecified atom stereocenters. The number of nitrogens with zero attached hydrogens (tertiary/aromatic N) is 1. The summed E-state index contributed by atoms with van der Waals surface area (Å²) in [5.74, 6) is 0.0123. The molecule has 0 fully saturated rings. The van der Waals surface area contributed by atoms with E-state index in [9.17, 15) is 4.79 Å². The van der Waals surface area contributed by atoms with Gasteiger partial charge in [-0.15, -0.1) is 0 Å². The zero-order valence-electron chi connectivity index (χ0n) is 11.8. The van der Waals surface area contributed by atoms with Crippen molar-refractivity contribution in [3.63, 3.8) is 0 Å². The fourth-order valence-electron chi connectivity index (χ4n) is 1.66. The van der Waals surface area contributed by atoms with Crippen LogP contribution in [0.4, 0.5) is 0 Å². The van der Waals surface area contributed by atoms with E-state index < -0.39 is 0 Å². The van der Waals surface area contributed by atoms with Crippen LogP contribution in [0.1, 0.15) is 46.2 Å². The van der Waals surface area contributed by atoms with Crippen molar-refractivity contribution in [3.05, 3.63) is 30.1 Å². The minimum Gasteiger partial charge on any atom is -0.350 e. The third-order valence-electron chi connectivity index (χ3n) is 2.58. The Morgan fingerprint density at radius 2 is 2.00 bits per heavy atom. The van der Waals surface area contributed by atoms with E-state index in [0.717, 1.165) is 5.56 Å². The van der Waals surface area contributed by atoms with Crippen LogP contribution in [0.5, 0.6) is 0 Å². The van der Waals surface area contributed by atoms with Crippen molar-refractivity contribution >= 4 is 5.91 Å². The quantitative estimate of drug-likeness (QED) is 0.858. The number of carbonyl (C=O) groups excluding carboxylic acids is 1. The number of nitrogens with one attached hydrogen (secondary N) is 2. The van der Waals surface area contributed by atoms with E-state index in [2.05, 4.69) is 15.6 Å². The van der Waals surface area contributed by atoms with Crippen molar-refractivity contribution in [1.29, 1.82) is 0 Å². The molecule has 0 bridgehead atoms. The van der Waals surface area contributed by atoms with Crippen LogP contribution < -0.4 is 10.6 Å². The summed E-state index contributed by atoms with van der Waals surface area (Å²) in [7, 11) is 0. The Bertz CT molecular complexity index is 384. The predicted octanol–water partition coefficient (Wildman–Crippen LogP) is 2.04. The molecule has 100 valence electrons. The van der Waals surface area contributed by atoms with Crippen LogP contribution in [0, 0.1) is 0 Å². The molecule has 1 aromatic heterocycles. The minimum atomic E-state index is -0.237. The Morgan fingerprint density at radius 3 is 2.50 bits per heavy atom. The molecule has 4 nitrogen and oxygen atoms in total. The Balaban J connectivity index is 2.55. The number of amides is 1. The summed E-state index contributed by atoms with van der Waals surface area (Å²) in [6, 6.07) is 3.76. The van der Waals surface area contributed by atoms with Gasteiger partial charge in [-0.05, 0) is 46.2 Å². The molecule has 1 rings (SSSR count). The molecule has 0 aliphatic rings. The summed E-state index contributed by atoms with van der Waals surface area (Å²) >= 11 is 0. The van der Waals surface area contributed by atoms with Gasteiger partial charge in [0.05, 0.1) is 6.04 Å². The summed E-state index contributed by atoms with van der Waals surface area (Å²) < 4.78 is 0. The highest BCUT2D eigenvalue weighted by molar-refractivity contribution is 5.81. The minimum absolute atomic E-state index is 0.0123. The van der Waals surface area contributed by atoms with Crippen molar-refractivity contribution in [3.8, 4) is 0 Å². The Hall–Kier alpha value is -1.42. The molecule has 18 heavy (non-hydrogen) atoms. The lowest BCUT2D eigenvalue weighted by Crippen LogP contribution is -2.49. The lowest BCUT2D eigenvalue weighted by Gasteiger charge is -2.25. The van der Waals surface area contributed by atoms with Crippen LogP contribution in [0.25, 0.3) is 0 Å². The van der Waals surface area contributed by atoms with Crippen LogP contribution in [-0.2, 0) is 4.79 Å². The highest BCUT2D eigenvalue weighted by atomic mass is 16.2. The van der Waals surface area contributed by atoms with Gasteiger partial charge in [-0.1, -0.05) is 6.07 Å². The second-order valence-corrected chi connectivity index (χ2v) is 5.64. The van der Waals surface area contributed by atoms with Crippen molar-refractivity contribution in [1.82, 2.24) is 15.6 Å². The van der Waals surface area contributed by atoms with Gasteiger partial charge < -0.3 is 5.32 Å². The summed E-state index contributed by atoms with van der Waals surface area (Å²) in [6.07, 6.45) is 3.55. The molecular weight excluding hydrogens is 226 g/mol. The van der Waals surface area contributed by atoms with Gasteiger partial charge in [0.25, 0.3) is 0 Å². The zero-order chi connectivity index (χ0) is 13.8. The maximum atomic E-state index is 11.9. The first kappa shape index (κ1) is 14.6. The van der Waals surface area contributed by atoms with E-state index in [1.165, 1.54) is 0 Å². The van der Waals surface area contributed by atoms with Crippen molar-refractivity contribution in [2.24, 2.45) is 0 Å². The fourth-order valence-corrected chi connectivity index (χ4v) is 1.66. The van der Waals surface area contributed by atoms with Crippen LogP contribution in [0.15, 0.2) is 24.5 Å². The van der Waals surface area contributed by atoms with Crippen LogP contribution in [0.3, 0.4) is 0 Å². The van der Waals surface area contributed by atoms with Gasteiger partial charge in [-0.2, -0.15) is 0 Å². The zero-order valence-corrected chi connectivity index (χ0v) is 11.8. The first-order valence-corrected chi connectivity index (χ1v) is 6.27. The number of carbonyl (C=O) groups is 1. The monoisotopic (exact) mass is 249 g/mol. The van der Waals surface area contributed by atoms with Gasteiger partial charge in [-0.25, -0.2) is 0 Å². The highest BCUT2D eigenvalue weighted by Gasteiger charge is 2.20. The molecule has 2 N–H and O–H groups in total. The molecule has 0 saturated heterocycles. The van der Waals surface area contributed by atoms with E-state index >= 15 is 0 Å². The lowest BCUT2D eigenvalue weighted by molar-refractivity contribution is -0.124. The summed E-state index contributed by atoms with van der Waals surface area (Å²) in [5, 5.41) is 6.23. The average molecular weight is 249 g/mol. The van der Waals surface area contributed by atoms with Crippen molar-refractivity contribution < 1.29 is 4.79 Å². The molecule has 0 aliphatic heterocycles. The molecule has 0 aliphatic carbocycles. The van der Waals surface area contributed by atoms with Gasteiger partial charge >= 0.3 is 0 Å². The maximum Gasteiger partial charge on any atom is 0.237 e. The van der Waals surface area contributed by atoms with Gasteiger partial charge in [0.15, 0.2) is 0 Å². The van der Waals surface area contributed by atoms with Crippen LogP contribution in [0.2, 0.25) is 0 Å². The summed E-state index contributed by atoms with van der Waals surface area (Å²) in [6.45, 7) is 9.82. The molecule has 1 aromatic rings. The van der Waals surface area contributed by atoms with Crippen molar-refractivity contribution in [2.75, 3.05) is 0 Å². The van der Waals surface area contributed by atoms with Crippen molar-refractivity contribution in [2.45, 2.75) is 52.2 Å². The molecule has 1 heterocycles. The highest BCUT2D eigenvalue weighted by Crippen LogP contribution is 2.11. The number of pyridine rings is 1. The third-order valence-corrected chi connectivity index (χ3v) is 2.58. The molecule has 1 amide bonds. The Morgan fingerprint density at radius 1 is 1.33 bits per heavy atom. The molecule has 0 saturated carbocycles. The smallest absolute Gasteiger partial charge is 0.237 e. The topological polar surface area (TPSA) is 54.0 Å². The van der Waals surface area contributed by atoms with Crippen LogP contribution >= 0.6 is 0 Å². The van der Waals surface area contributed by atoms with Gasteiger partial charge in [0.1, 0.15) is 0 Å². The second kappa shape index (κ2) is 5.96. The average Bonchev–Trinajstić information content (AvgIpc) is 2.27.